The summed E-state index contributed by atoms with van der Waals surface area (Å²) in [6, 6.07) is 8.26. The molecular weight excluding hydrogens is 364 g/mol. The second kappa shape index (κ2) is 9.00. The molecule has 0 unspecified atom stereocenters. The number of unbranched alkanes of at least 4 members (excludes halogenated alkanes) is 5. The molecule has 26 heavy (non-hydrogen) atoms. The van der Waals surface area contributed by atoms with Gasteiger partial charge in [0.15, 0.2) is 0 Å². The lowest BCUT2D eigenvalue weighted by Crippen LogP contribution is -2.28. The van der Waals surface area contributed by atoms with Crippen molar-refractivity contribution < 1.29 is 9.59 Å². The van der Waals surface area contributed by atoms with Gasteiger partial charge in [0, 0.05) is 18.0 Å². The molecule has 6 heteroatoms. The summed E-state index contributed by atoms with van der Waals surface area (Å²) < 4.78 is 0. The summed E-state index contributed by atoms with van der Waals surface area (Å²) in [6.45, 7) is 5.39. The van der Waals surface area contributed by atoms with Gasteiger partial charge in [0.1, 0.15) is 9.93 Å². The number of hydrogen-bond donors (Lipinski definition) is 0. The first-order valence-corrected chi connectivity index (χ1v) is 11.1. The molecule has 1 aromatic rings. The standard InChI is InChI=1S/C20H26N2O2S2/c1-3-5-6-7-8-11-14-22-15-12-9-10-13-16(15)25-19(22)17-18(23)21(4-2)20(24)26-17/h9-10,12-13H,3-8,11,14H2,1-2H3/b19-17+. The van der Waals surface area contributed by atoms with Crippen LogP contribution in [-0.2, 0) is 4.79 Å². The monoisotopic (exact) mass is 390 g/mol. The molecule has 4 nitrogen and oxygen atoms in total. The Bertz CT molecular complexity index is 718. The summed E-state index contributed by atoms with van der Waals surface area (Å²) >= 11 is 2.70. The number of likely N-dealkylation sites (N-methyl/N-ethyl adjacent to an activating group) is 1. The second-order valence-corrected chi connectivity index (χ2v) is 8.53. The predicted octanol–water partition coefficient (Wildman–Crippen LogP) is 5.84. The normalized spacial score (nSPS) is 19.6. The van der Waals surface area contributed by atoms with Gasteiger partial charge < -0.3 is 4.90 Å². The SMILES string of the molecule is CCCCCCCCN1/C(=C2\SC(=O)N(CC)C2=O)Sc2ccccc21. The van der Waals surface area contributed by atoms with E-state index in [-0.39, 0.29) is 11.1 Å². The van der Waals surface area contributed by atoms with Gasteiger partial charge in [-0.25, -0.2) is 0 Å². The van der Waals surface area contributed by atoms with Crippen molar-refractivity contribution in [3.63, 3.8) is 0 Å². The van der Waals surface area contributed by atoms with E-state index in [0.29, 0.717) is 11.4 Å². The predicted molar refractivity (Wildman–Crippen MR) is 110 cm³/mol. The summed E-state index contributed by atoms with van der Waals surface area (Å²) in [5.74, 6) is -0.147. The average Bonchev–Trinajstić information content (AvgIpc) is 3.14. The third kappa shape index (κ3) is 3.96. The Morgan fingerprint density at radius 2 is 1.62 bits per heavy atom. The van der Waals surface area contributed by atoms with E-state index in [1.54, 1.807) is 11.8 Å². The van der Waals surface area contributed by atoms with E-state index in [4.69, 9.17) is 0 Å². The van der Waals surface area contributed by atoms with Gasteiger partial charge in [0.05, 0.1) is 5.69 Å². The van der Waals surface area contributed by atoms with E-state index < -0.39 is 0 Å². The highest BCUT2D eigenvalue weighted by atomic mass is 32.2. The number of rotatable bonds is 8. The first-order chi connectivity index (χ1) is 12.7. The molecule has 0 spiro atoms. The number of nitrogens with zero attached hydrogens (tertiary/aromatic N) is 2. The molecule has 2 amide bonds. The van der Waals surface area contributed by atoms with Crippen LogP contribution in [0.3, 0.4) is 0 Å². The van der Waals surface area contributed by atoms with Crippen LogP contribution in [0.4, 0.5) is 10.5 Å². The van der Waals surface area contributed by atoms with Crippen LogP contribution in [0.15, 0.2) is 39.1 Å². The zero-order valence-electron chi connectivity index (χ0n) is 15.5. The summed E-state index contributed by atoms with van der Waals surface area (Å²) in [7, 11) is 0. The Hall–Kier alpha value is -1.40. The molecule has 0 bridgehead atoms. The Labute approximate surface area is 164 Å². The molecule has 0 N–H and O–H groups in total. The number of anilines is 1. The summed E-state index contributed by atoms with van der Waals surface area (Å²) in [5, 5.41) is 0.773. The second-order valence-electron chi connectivity index (χ2n) is 6.54. The van der Waals surface area contributed by atoms with Gasteiger partial charge in [-0.3, -0.25) is 14.5 Å². The molecule has 0 aliphatic carbocycles. The number of carbonyl (C=O) groups is 2. The fourth-order valence-corrected chi connectivity index (χ4v) is 5.54. The number of carbonyl (C=O) groups excluding carboxylic acids is 2. The van der Waals surface area contributed by atoms with E-state index in [0.717, 1.165) is 40.3 Å². The largest absolute Gasteiger partial charge is 0.334 e. The van der Waals surface area contributed by atoms with Crippen LogP contribution in [0.1, 0.15) is 52.4 Å². The quantitative estimate of drug-likeness (QED) is 0.412. The topological polar surface area (TPSA) is 40.6 Å². The highest BCUT2D eigenvalue weighted by Crippen LogP contribution is 2.50. The highest BCUT2D eigenvalue weighted by Gasteiger charge is 2.40. The molecule has 0 atom stereocenters. The number of imide groups is 1. The van der Waals surface area contributed by atoms with Crippen LogP contribution >= 0.6 is 23.5 Å². The Morgan fingerprint density at radius 3 is 2.35 bits per heavy atom. The Balaban J connectivity index is 1.78. The van der Waals surface area contributed by atoms with Crippen molar-refractivity contribution in [2.45, 2.75) is 57.3 Å². The van der Waals surface area contributed by atoms with E-state index in [2.05, 4.69) is 24.0 Å². The van der Waals surface area contributed by atoms with Gasteiger partial charge in [0.2, 0.25) is 0 Å². The maximum atomic E-state index is 12.7. The fraction of sp³-hybridized carbons (Fsp3) is 0.500. The van der Waals surface area contributed by atoms with Gasteiger partial charge >= 0.3 is 0 Å². The zero-order chi connectivity index (χ0) is 18.5. The smallest absolute Gasteiger partial charge is 0.293 e. The van der Waals surface area contributed by atoms with E-state index in [1.807, 2.05) is 19.1 Å². The fourth-order valence-electron chi connectivity index (χ4n) is 3.28. The van der Waals surface area contributed by atoms with Crippen molar-refractivity contribution in [3.8, 4) is 0 Å². The molecule has 1 fully saturated rings. The molecule has 2 aliphatic rings. The number of hydrogen-bond acceptors (Lipinski definition) is 5. The summed E-state index contributed by atoms with van der Waals surface area (Å²) in [4.78, 5) is 30.1. The molecule has 3 rings (SSSR count). The van der Waals surface area contributed by atoms with Crippen molar-refractivity contribution in [2.24, 2.45) is 0 Å². The molecule has 0 radical (unpaired) electrons. The lowest BCUT2D eigenvalue weighted by atomic mass is 10.1. The molecule has 0 aromatic heterocycles. The minimum absolute atomic E-state index is 0.147. The minimum atomic E-state index is -0.156. The van der Waals surface area contributed by atoms with Crippen molar-refractivity contribution in [1.82, 2.24) is 4.90 Å². The van der Waals surface area contributed by atoms with Crippen molar-refractivity contribution in [3.05, 3.63) is 34.2 Å². The number of thioether (sulfide) groups is 2. The zero-order valence-corrected chi connectivity index (χ0v) is 17.1. The number of para-hydroxylation sites is 1. The molecule has 1 saturated heterocycles. The van der Waals surface area contributed by atoms with E-state index >= 15 is 0 Å². The van der Waals surface area contributed by atoms with Gasteiger partial charge in [-0.2, -0.15) is 0 Å². The van der Waals surface area contributed by atoms with Gasteiger partial charge in [-0.1, -0.05) is 62.9 Å². The first-order valence-electron chi connectivity index (χ1n) is 9.49. The molecule has 2 heterocycles. The van der Waals surface area contributed by atoms with E-state index in [9.17, 15) is 9.59 Å². The van der Waals surface area contributed by atoms with Gasteiger partial charge in [0.25, 0.3) is 11.1 Å². The van der Waals surface area contributed by atoms with Crippen LogP contribution in [0, 0.1) is 0 Å². The minimum Gasteiger partial charge on any atom is -0.334 e. The number of benzene rings is 1. The Morgan fingerprint density at radius 1 is 0.885 bits per heavy atom. The maximum absolute atomic E-state index is 12.7. The molecular formula is C20H26N2O2S2. The van der Waals surface area contributed by atoms with Crippen LogP contribution < -0.4 is 4.90 Å². The van der Waals surface area contributed by atoms with Crippen LogP contribution in [-0.4, -0.2) is 29.1 Å². The summed E-state index contributed by atoms with van der Waals surface area (Å²) in [5.41, 5.74) is 1.16. The molecule has 1 aromatic carbocycles. The lowest BCUT2D eigenvalue weighted by molar-refractivity contribution is -0.122. The average molecular weight is 391 g/mol. The molecule has 140 valence electrons. The van der Waals surface area contributed by atoms with Crippen molar-refractivity contribution in [1.29, 1.82) is 0 Å². The van der Waals surface area contributed by atoms with E-state index in [1.165, 1.54) is 37.0 Å². The van der Waals surface area contributed by atoms with Crippen molar-refractivity contribution >= 4 is 40.4 Å². The third-order valence-corrected chi connectivity index (χ3v) is 6.98. The highest BCUT2D eigenvalue weighted by molar-refractivity contribution is 8.19. The van der Waals surface area contributed by atoms with Crippen LogP contribution in [0.2, 0.25) is 0 Å². The number of fused-ring (bicyclic) bond motifs is 1. The van der Waals surface area contributed by atoms with Crippen molar-refractivity contribution in [2.75, 3.05) is 18.0 Å². The lowest BCUT2D eigenvalue weighted by Gasteiger charge is -2.21. The molecule has 2 aliphatic heterocycles. The Kier molecular flexibility index (Phi) is 6.70. The van der Waals surface area contributed by atoms with Gasteiger partial charge in [-0.15, -0.1) is 0 Å². The number of amides is 2. The molecule has 0 saturated carbocycles. The van der Waals surface area contributed by atoms with Gasteiger partial charge in [-0.05, 0) is 37.2 Å². The maximum Gasteiger partial charge on any atom is 0.293 e. The summed E-state index contributed by atoms with van der Waals surface area (Å²) in [6.07, 6.45) is 7.42. The first kappa shape index (κ1) is 19.4. The third-order valence-electron chi connectivity index (χ3n) is 4.70. The van der Waals surface area contributed by atoms with Crippen LogP contribution in [0.25, 0.3) is 0 Å². The van der Waals surface area contributed by atoms with Crippen LogP contribution in [0.5, 0.6) is 0 Å².